The lowest BCUT2D eigenvalue weighted by Crippen LogP contribution is -2.31. The molecule has 0 unspecified atom stereocenters. The van der Waals surface area contributed by atoms with E-state index in [0.717, 1.165) is 5.57 Å². The summed E-state index contributed by atoms with van der Waals surface area (Å²) in [6.07, 6.45) is 0.281. The second-order valence-electron chi connectivity index (χ2n) is 3.75. The lowest BCUT2D eigenvalue weighted by atomic mass is 10.3. The van der Waals surface area contributed by atoms with Crippen LogP contribution < -0.4 is 10.6 Å². The van der Waals surface area contributed by atoms with E-state index in [1.54, 1.807) is 11.4 Å². The first-order chi connectivity index (χ1) is 8.09. The summed E-state index contributed by atoms with van der Waals surface area (Å²) in [5.74, 6) is -0.224. The molecule has 2 amide bonds. The predicted octanol–water partition coefficient (Wildman–Crippen LogP) is 1.56. The fourth-order valence-corrected chi connectivity index (χ4v) is 1.76. The molecular weight excluding hydrogens is 236 g/mol. The van der Waals surface area contributed by atoms with Crippen LogP contribution in [0.15, 0.2) is 29.0 Å². The summed E-state index contributed by atoms with van der Waals surface area (Å²) in [6.45, 7) is 6.36. The SMILES string of the molecule is C=C(C)CNC(=O)CCNC(=O)c1ccsc1. The van der Waals surface area contributed by atoms with Gasteiger partial charge in [0.15, 0.2) is 0 Å². The Morgan fingerprint density at radius 1 is 1.41 bits per heavy atom. The Hall–Kier alpha value is -1.62. The summed E-state index contributed by atoms with van der Waals surface area (Å²) < 4.78 is 0. The van der Waals surface area contributed by atoms with Gasteiger partial charge in [-0.15, -0.1) is 0 Å². The van der Waals surface area contributed by atoms with Gasteiger partial charge in [-0.25, -0.2) is 0 Å². The van der Waals surface area contributed by atoms with Crippen molar-refractivity contribution in [2.24, 2.45) is 0 Å². The second-order valence-corrected chi connectivity index (χ2v) is 4.53. The number of hydrogen-bond donors (Lipinski definition) is 2. The maximum atomic E-state index is 11.5. The smallest absolute Gasteiger partial charge is 0.252 e. The van der Waals surface area contributed by atoms with Crippen LogP contribution in [0.2, 0.25) is 0 Å². The molecule has 0 saturated carbocycles. The third-order valence-electron chi connectivity index (χ3n) is 2.01. The molecule has 1 aromatic rings. The number of carbonyl (C=O) groups excluding carboxylic acids is 2. The van der Waals surface area contributed by atoms with E-state index in [0.29, 0.717) is 18.7 Å². The van der Waals surface area contributed by atoms with Crippen molar-refractivity contribution in [1.29, 1.82) is 0 Å². The van der Waals surface area contributed by atoms with Crippen LogP contribution in [0.4, 0.5) is 0 Å². The van der Waals surface area contributed by atoms with E-state index >= 15 is 0 Å². The van der Waals surface area contributed by atoms with Crippen molar-refractivity contribution in [3.8, 4) is 0 Å². The molecule has 0 aliphatic heterocycles. The van der Waals surface area contributed by atoms with E-state index in [9.17, 15) is 9.59 Å². The molecule has 5 heteroatoms. The Labute approximate surface area is 105 Å². The van der Waals surface area contributed by atoms with Crippen LogP contribution in [0, 0.1) is 0 Å². The molecule has 0 spiro atoms. The zero-order valence-corrected chi connectivity index (χ0v) is 10.6. The van der Waals surface area contributed by atoms with E-state index in [-0.39, 0.29) is 18.2 Å². The van der Waals surface area contributed by atoms with Crippen molar-refractivity contribution < 1.29 is 9.59 Å². The number of carbonyl (C=O) groups is 2. The van der Waals surface area contributed by atoms with Gasteiger partial charge >= 0.3 is 0 Å². The average molecular weight is 252 g/mol. The van der Waals surface area contributed by atoms with Crippen LogP contribution in [0.5, 0.6) is 0 Å². The quantitative estimate of drug-likeness (QED) is 0.755. The third-order valence-corrected chi connectivity index (χ3v) is 2.69. The first-order valence-electron chi connectivity index (χ1n) is 5.31. The Kier molecular flexibility index (Phi) is 5.42. The van der Waals surface area contributed by atoms with Gasteiger partial charge in [-0.2, -0.15) is 11.3 Å². The van der Waals surface area contributed by atoms with Gasteiger partial charge in [-0.1, -0.05) is 12.2 Å². The van der Waals surface area contributed by atoms with Crippen molar-refractivity contribution in [3.05, 3.63) is 34.5 Å². The minimum absolute atomic E-state index is 0.0846. The van der Waals surface area contributed by atoms with Gasteiger partial charge in [0.05, 0.1) is 0 Å². The summed E-state index contributed by atoms with van der Waals surface area (Å²) in [5, 5.41) is 9.01. The van der Waals surface area contributed by atoms with Gasteiger partial charge < -0.3 is 10.6 Å². The van der Waals surface area contributed by atoms with Gasteiger partial charge in [0.2, 0.25) is 5.91 Å². The van der Waals surface area contributed by atoms with E-state index in [1.807, 2.05) is 12.3 Å². The zero-order chi connectivity index (χ0) is 12.7. The average Bonchev–Trinajstić information content (AvgIpc) is 2.79. The Morgan fingerprint density at radius 3 is 2.76 bits per heavy atom. The van der Waals surface area contributed by atoms with Crippen molar-refractivity contribution in [3.63, 3.8) is 0 Å². The van der Waals surface area contributed by atoms with E-state index in [2.05, 4.69) is 17.2 Å². The molecule has 0 saturated heterocycles. The number of hydrogen-bond acceptors (Lipinski definition) is 3. The molecule has 92 valence electrons. The molecule has 0 aliphatic carbocycles. The van der Waals surface area contributed by atoms with E-state index in [1.165, 1.54) is 11.3 Å². The van der Waals surface area contributed by atoms with Gasteiger partial charge in [0, 0.05) is 30.5 Å². The van der Waals surface area contributed by atoms with Crippen LogP contribution in [0.1, 0.15) is 23.7 Å². The van der Waals surface area contributed by atoms with Crippen molar-refractivity contribution in [2.45, 2.75) is 13.3 Å². The molecule has 2 N–H and O–H groups in total. The molecular formula is C12H16N2O2S. The molecule has 4 nitrogen and oxygen atoms in total. The van der Waals surface area contributed by atoms with Crippen molar-refractivity contribution in [1.82, 2.24) is 10.6 Å². The number of thiophene rings is 1. The van der Waals surface area contributed by atoms with Gasteiger partial charge in [0.1, 0.15) is 0 Å². The molecule has 0 fully saturated rings. The highest BCUT2D eigenvalue weighted by Crippen LogP contribution is 2.04. The highest BCUT2D eigenvalue weighted by atomic mass is 32.1. The van der Waals surface area contributed by atoms with Crippen LogP contribution in [0.25, 0.3) is 0 Å². The molecule has 0 bridgehead atoms. The number of nitrogens with one attached hydrogen (secondary N) is 2. The summed E-state index contributed by atoms with van der Waals surface area (Å²) in [5.41, 5.74) is 1.54. The molecule has 17 heavy (non-hydrogen) atoms. The second kappa shape index (κ2) is 6.85. The predicted molar refractivity (Wildman–Crippen MR) is 69.1 cm³/mol. The topological polar surface area (TPSA) is 58.2 Å². The first-order valence-corrected chi connectivity index (χ1v) is 6.25. The Balaban J connectivity index is 2.17. The molecule has 0 radical (unpaired) electrons. The normalized spacial score (nSPS) is 9.71. The van der Waals surface area contributed by atoms with Crippen LogP contribution in [0.3, 0.4) is 0 Å². The largest absolute Gasteiger partial charge is 0.352 e. The highest BCUT2D eigenvalue weighted by molar-refractivity contribution is 7.08. The molecule has 1 aromatic heterocycles. The highest BCUT2D eigenvalue weighted by Gasteiger charge is 2.06. The lowest BCUT2D eigenvalue weighted by Gasteiger charge is -2.05. The van der Waals surface area contributed by atoms with Crippen molar-refractivity contribution >= 4 is 23.2 Å². The fourth-order valence-electron chi connectivity index (χ4n) is 1.12. The summed E-state index contributed by atoms with van der Waals surface area (Å²) in [6, 6.07) is 1.75. The van der Waals surface area contributed by atoms with Gasteiger partial charge in [-0.3, -0.25) is 9.59 Å². The maximum absolute atomic E-state index is 11.5. The fraction of sp³-hybridized carbons (Fsp3) is 0.333. The van der Waals surface area contributed by atoms with Crippen molar-refractivity contribution in [2.75, 3.05) is 13.1 Å². The molecule has 1 rings (SSSR count). The van der Waals surface area contributed by atoms with Gasteiger partial charge in [-0.05, 0) is 18.4 Å². The first kappa shape index (κ1) is 13.4. The van der Waals surface area contributed by atoms with Crippen LogP contribution in [-0.2, 0) is 4.79 Å². The monoisotopic (exact) mass is 252 g/mol. The maximum Gasteiger partial charge on any atom is 0.252 e. The lowest BCUT2D eigenvalue weighted by molar-refractivity contribution is -0.120. The number of rotatable bonds is 6. The third kappa shape index (κ3) is 5.31. The summed E-state index contributed by atoms with van der Waals surface area (Å²) in [4.78, 5) is 22.8. The zero-order valence-electron chi connectivity index (χ0n) is 9.79. The molecule has 0 aliphatic rings. The van der Waals surface area contributed by atoms with Crippen LogP contribution >= 0.6 is 11.3 Å². The number of amides is 2. The molecule has 0 aromatic carbocycles. The summed E-state index contributed by atoms with van der Waals surface area (Å²) >= 11 is 1.47. The minimum Gasteiger partial charge on any atom is -0.352 e. The minimum atomic E-state index is -0.140. The Morgan fingerprint density at radius 2 is 2.18 bits per heavy atom. The standard InChI is InChI=1S/C12H16N2O2S/c1-9(2)7-14-11(15)3-5-13-12(16)10-4-6-17-8-10/h4,6,8H,1,3,5,7H2,2H3,(H,13,16)(H,14,15). The van der Waals surface area contributed by atoms with E-state index < -0.39 is 0 Å². The summed E-state index contributed by atoms with van der Waals surface area (Å²) in [7, 11) is 0. The van der Waals surface area contributed by atoms with Crippen LogP contribution in [-0.4, -0.2) is 24.9 Å². The Bertz CT molecular complexity index is 399. The van der Waals surface area contributed by atoms with E-state index in [4.69, 9.17) is 0 Å². The molecule has 0 atom stereocenters. The molecule has 1 heterocycles. The van der Waals surface area contributed by atoms with Gasteiger partial charge in [0.25, 0.3) is 5.91 Å².